The molecule has 144 valence electrons. The van der Waals surface area contributed by atoms with Crippen LogP contribution in [0.4, 0.5) is 4.39 Å². The van der Waals surface area contributed by atoms with Crippen molar-refractivity contribution in [3.05, 3.63) is 52.0 Å². The van der Waals surface area contributed by atoms with E-state index in [4.69, 9.17) is 4.74 Å². The Hall–Kier alpha value is -1.92. The summed E-state index contributed by atoms with van der Waals surface area (Å²) in [5, 5.41) is 1.98. The molecule has 0 bridgehead atoms. The summed E-state index contributed by atoms with van der Waals surface area (Å²) >= 11 is 1.60. The van der Waals surface area contributed by atoms with Crippen molar-refractivity contribution >= 4 is 17.2 Å². The van der Waals surface area contributed by atoms with Crippen molar-refractivity contribution in [3.8, 4) is 5.75 Å². The molecular formula is C21H25FN2O2S. The molecule has 0 saturated carbocycles. The molecule has 4 rings (SSSR count). The third-order valence-electron chi connectivity index (χ3n) is 5.44. The zero-order valence-corrected chi connectivity index (χ0v) is 16.2. The van der Waals surface area contributed by atoms with Crippen LogP contribution in [0.15, 0.2) is 35.7 Å². The molecule has 2 saturated heterocycles. The highest BCUT2D eigenvalue weighted by molar-refractivity contribution is 7.09. The number of nitrogens with zero attached hydrogens (tertiary/aromatic N) is 2. The van der Waals surface area contributed by atoms with E-state index in [0.29, 0.717) is 18.9 Å². The molecule has 4 nitrogen and oxygen atoms in total. The minimum Gasteiger partial charge on any atom is -0.488 e. The van der Waals surface area contributed by atoms with Crippen LogP contribution in [0.25, 0.3) is 0 Å². The second kappa shape index (κ2) is 8.40. The molecular weight excluding hydrogens is 363 g/mol. The summed E-state index contributed by atoms with van der Waals surface area (Å²) in [5.41, 5.74) is 0.145. The summed E-state index contributed by atoms with van der Waals surface area (Å²) in [6.07, 6.45) is 4.48. The quantitative estimate of drug-likeness (QED) is 0.745. The predicted molar refractivity (Wildman–Crippen MR) is 105 cm³/mol. The summed E-state index contributed by atoms with van der Waals surface area (Å²) in [5.74, 6) is -0.248. The molecule has 1 atom stereocenters. The predicted octanol–water partition coefficient (Wildman–Crippen LogP) is 4.17. The highest BCUT2D eigenvalue weighted by Gasteiger charge is 2.32. The number of hydrogen-bond acceptors (Lipinski definition) is 4. The van der Waals surface area contributed by atoms with Crippen LogP contribution >= 0.6 is 11.3 Å². The zero-order valence-electron chi connectivity index (χ0n) is 15.4. The molecule has 1 aromatic carbocycles. The number of thiophene rings is 1. The molecule has 0 aliphatic carbocycles. The molecule has 1 aromatic heterocycles. The summed E-state index contributed by atoms with van der Waals surface area (Å²) in [4.78, 5) is 18.3. The standard InChI is InChI=1S/C21H25FN2O2S/c22-20-13-17(26-15-18-6-4-12-27-18)7-8-19(20)21(25)24-11-3-5-16(24)14-23-9-1-2-10-23/h4,6-8,12-13,16H,1-3,5,9-11,14-15H2. The molecule has 27 heavy (non-hydrogen) atoms. The Morgan fingerprint density at radius 2 is 2.04 bits per heavy atom. The number of ether oxygens (including phenoxy) is 1. The van der Waals surface area contributed by atoms with E-state index < -0.39 is 5.82 Å². The van der Waals surface area contributed by atoms with Gasteiger partial charge in [0.2, 0.25) is 0 Å². The van der Waals surface area contributed by atoms with Gasteiger partial charge in [-0.15, -0.1) is 11.3 Å². The minimum absolute atomic E-state index is 0.145. The fourth-order valence-corrected chi connectivity index (χ4v) is 4.64. The highest BCUT2D eigenvalue weighted by atomic mass is 32.1. The Kier molecular flexibility index (Phi) is 5.74. The number of benzene rings is 1. The lowest BCUT2D eigenvalue weighted by Crippen LogP contribution is -2.42. The van der Waals surface area contributed by atoms with Crippen molar-refractivity contribution in [2.75, 3.05) is 26.2 Å². The van der Waals surface area contributed by atoms with Crippen LogP contribution in [0.5, 0.6) is 5.75 Å². The van der Waals surface area contributed by atoms with Gasteiger partial charge in [0.1, 0.15) is 18.2 Å². The Morgan fingerprint density at radius 3 is 2.78 bits per heavy atom. The van der Waals surface area contributed by atoms with E-state index in [1.807, 2.05) is 22.4 Å². The first-order valence-corrected chi connectivity index (χ1v) is 10.6. The normalized spacial score (nSPS) is 20.3. The van der Waals surface area contributed by atoms with Gasteiger partial charge in [0.25, 0.3) is 5.91 Å². The molecule has 0 radical (unpaired) electrons. The molecule has 2 aliphatic heterocycles. The van der Waals surface area contributed by atoms with E-state index in [9.17, 15) is 9.18 Å². The number of amides is 1. The molecule has 6 heteroatoms. The van der Waals surface area contributed by atoms with E-state index in [2.05, 4.69) is 4.90 Å². The maximum absolute atomic E-state index is 14.6. The van der Waals surface area contributed by atoms with Crippen molar-refractivity contribution in [2.24, 2.45) is 0 Å². The van der Waals surface area contributed by atoms with Crippen LogP contribution in [0.2, 0.25) is 0 Å². The first kappa shape index (κ1) is 18.4. The molecule has 2 aliphatic rings. The van der Waals surface area contributed by atoms with Gasteiger partial charge in [-0.05, 0) is 62.4 Å². The lowest BCUT2D eigenvalue weighted by molar-refractivity contribution is 0.0704. The van der Waals surface area contributed by atoms with Gasteiger partial charge in [0.05, 0.1) is 5.56 Å². The van der Waals surface area contributed by atoms with Crippen molar-refractivity contribution < 1.29 is 13.9 Å². The van der Waals surface area contributed by atoms with Gasteiger partial charge in [0.15, 0.2) is 0 Å². The van der Waals surface area contributed by atoms with Crippen LogP contribution in [0, 0.1) is 5.82 Å². The summed E-state index contributed by atoms with van der Waals surface area (Å²) < 4.78 is 20.3. The average molecular weight is 389 g/mol. The Balaban J connectivity index is 1.41. The smallest absolute Gasteiger partial charge is 0.257 e. The summed E-state index contributed by atoms with van der Waals surface area (Å²) in [7, 11) is 0. The molecule has 0 N–H and O–H groups in total. The first-order chi connectivity index (χ1) is 13.2. The Bertz CT molecular complexity index is 774. The lowest BCUT2D eigenvalue weighted by atomic mass is 10.1. The third kappa shape index (κ3) is 4.33. The maximum atomic E-state index is 14.6. The fraction of sp³-hybridized carbons (Fsp3) is 0.476. The molecule has 3 heterocycles. The molecule has 1 amide bonds. The van der Waals surface area contributed by atoms with Crippen molar-refractivity contribution in [2.45, 2.75) is 38.3 Å². The van der Waals surface area contributed by atoms with Gasteiger partial charge in [-0.3, -0.25) is 4.79 Å². The minimum atomic E-state index is -0.504. The van der Waals surface area contributed by atoms with Gasteiger partial charge < -0.3 is 14.5 Å². The second-order valence-electron chi connectivity index (χ2n) is 7.31. The zero-order chi connectivity index (χ0) is 18.6. The maximum Gasteiger partial charge on any atom is 0.257 e. The van der Waals surface area contributed by atoms with Crippen LogP contribution in [0.3, 0.4) is 0 Å². The van der Waals surface area contributed by atoms with E-state index in [1.54, 1.807) is 23.5 Å². The van der Waals surface area contributed by atoms with Gasteiger partial charge in [-0.1, -0.05) is 6.07 Å². The second-order valence-corrected chi connectivity index (χ2v) is 8.34. The van der Waals surface area contributed by atoms with E-state index in [-0.39, 0.29) is 17.5 Å². The van der Waals surface area contributed by atoms with E-state index in [1.165, 1.54) is 18.9 Å². The van der Waals surface area contributed by atoms with Gasteiger partial charge in [0, 0.05) is 30.1 Å². The highest BCUT2D eigenvalue weighted by Crippen LogP contribution is 2.25. The molecule has 2 fully saturated rings. The van der Waals surface area contributed by atoms with Crippen LogP contribution in [-0.4, -0.2) is 47.9 Å². The van der Waals surface area contributed by atoms with Crippen molar-refractivity contribution in [1.29, 1.82) is 0 Å². The van der Waals surface area contributed by atoms with Gasteiger partial charge in [-0.25, -0.2) is 4.39 Å². The number of rotatable bonds is 6. The van der Waals surface area contributed by atoms with Crippen molar-refractivity contribution in [1.82, 2.24) is 9.80 Å². The lowest BCUT2D eigenvalue weighted by Gasteiger charge is -2.28. The molecule has 2 aromatic rings. The number of halogens is 1. The molecule has 1 unspecified atom stereocenters. The Morgan fingerprint density at radius 1 is 1.19 bits per heavy atom. The summed E-state index contributed by atoms with van der Waals surface area (Å²) in [6, 6.07) is 8.71. The van der Waals surface area contributed by atoms with Crippen LogP contribution < -0.4 is 4.74 Å². The average Bonchev–Trinajstić information content (AvgIpc) is 3.43. The van der Waals surface area contributed by atoms with Gasteiger partial charge in [-0.2, -0.15) is 0 Å². The number of likely N-dealkylation sites (tertiary alicyclic amines) is 2. The SMILES string of the molecule is O=C(c1ccc(OCc2cccs2)cc1F)N1CCCC1CN1CCCC1. The topological polar surface area (TPSA) is 32.8 Å². The number of carbonyl (C=O) groups is 1. The van der Waals surface area contributed by atoms with Crippen LogP contribution in [-0.2, 0) is 6.61 Å². The molecule has 0 spiro atoms. The van der Waals surface area contributed by atoms with Crippen molar-refractivity contribution in [3.63, 3.8) is 0 Å². The Labute approximate surface area is 163 Å². The fourth-order valence-electron chi connectivity index (χ4n) is 4.02. The van der Waals surface area contributed by atoms with Crippen LogP contribution in [0.1, 0.15) is 40.9 Å². The number of hydrogen-bond donors (Lipinski definition) is 0. The number of carbonyl (C=O) groups excluding carboxylic acids is 1. The summed E-state index contributed by atoms with van der Waals surface area (Å²) in [6.45, 7) is 4.27. The van der Waals surface area contributed by atoms with Gasteiger partial charge >= 0.3 is 0 Å². The monoisotopic (exact) mass is 388 g/mol. The first-order valence-electron chi connectivity index (χ1n) is 9.69. The third-order valence-corrected chi connectivity index (χ3v) is 6.29. The van der Waals surface area contributed by atoms with E-state index >= 15 is 0 Å². The van der Waals surface area contributed by atoms with E-state index in [0.717, 1.165) is 37.4 Å². The largest absolute Gasteiger partial charge is 0.488 e.